The van der Waals surface area contributed by atoms with E-state index >= 15 is 0 Å². The summed E-state index contributed by atoms with van der Waals surface area (Å²) in [4.78, 5) is 11.4. The van der Waals surface area contributed by atoms with Crippen molar-refractivity contribution in [3.63, 3.8) is 0 Å². The highest BCUT2D eigenvalue weighted by atomic mass is 35.5. The first-order chi connectivity index (χ1) is 7.83. The molecular weight excluding hydrogens is 271 g/mol. The molecule has 4 nitrogen and oxygen atoms in total. The molecule has 0 bridgehead atoms. The number of hydrogen-bond acceptors (Lipinski definition) is 4. The molecule has 2 N–H and O–H groups in total. The van der Waals surface area contributed by atoms with Gasteiger partial charge in [-0.05, 0) is 37.7 Å². The van der Waals surface area contributed by atoms with Gasteiger partial charge in [0.05, 0.1) is 0 Å². The molecule has 1 aliphatic carbocycles. The normalized spacial score (nSPS) is 21.8. The van der Waals surface area contributed by atoms with Crippen LogP contribution in [0.1, 0.15) is 30.5 Å². The highest BCUT2D eigenvalue weighted by molar-refractivity contribution is 5.85. The molecule has 18 heavy (non-hydrogen) atoms. The van der Waals surface area contributed by atoms with Crippen LogP contribution in [-0.2, 0) is 12.8 Å². The van der Waals surface area contributed by atoms with Gasteiger partial charge in [-0.1, -0.05) is 0 Å². The van der Waals surface area contributed by atoms with Crippen molar-refractivity contribution in [1.82, 2.24) is 9.97 Å². The molecule has 1 aliphatic heterocycles. The first-order valence-corrected chi connectivity index (χ1v) is 6.18. The lowest BCUT2D eigenvalue weighted by Gasteiger charge is -2.22. The van der Waals surface area contributed by atoms with Gasteiger partial charge < -0.3 is 10.6 Å². The highest BCUT2D eigenvalue weighted by Gasteiger charge is 2.20. The van der Waals surface area contributed by atoms with Gasteiger partial charge in [0.1, 0.15) is 0 Å². The lowest BCUT2D eigenvalue weighted by Crippen LogP contribution is -2.29. The molecule has 6 heteroatoms. The van der Waals surface area contributed by atoms with E-state index in [1.807, 2.05) is 6.20 Å². The Morgan fingerprint density at radius 1 is 1.22 bits per heavy atom. The molecule has 1 unspecified atom stereocenters. The quantitative estimate of drug-likeness (QED) is 0.856. The van der Waals surface area contributed by atoms with Gasteiger partial charge >= 0.3 is 0 Å². The van der Waals surface area contributed by atoms with E-state index in [1.54, 1.807) is 0 Å². The van der Waals surface area contributed by atoms with Crippen LogP contribution in [0.5, 0.6) is 0 Å². The zero-order chi connectivity index (χ0) is 11.0. The molecule has 1 saturated heterocycles. The molecule has 1 atom stereocenters. The zero-order valence-corrected chi connectivity index (χ0v) is 12.0. The Hall–Kier alpha value is -0.580. The SMILES string of the molecule is Cl.Cl.NC1CCc2nc(N3CCCC3)ncc2C1. The number of nitrogens with two attached hydrogens (primary N) is 1. The number of rotatable bonds is 1. The summed E-state index contributed by atoms with van der Waals surface area (Å²) in [6.07, 6.45) is 7.53. The first kappa shape index (κ1) is 15.5. The molecule has 3 rings (SSSR count). The topological polar surface area (TPSA) is 55.0 Å². The van der Waals surface area contributed by atoms with Crippen LogP contribution in [0.2, 0.25) is 0 Å². The van der Waals surface area contributed by atoms with Crippen molar-refractivity contribution in [3.8, 4) is 0 Å². The Kier molecular flexibility index (Phi) is 5.63. The Morgan fingerprint density at radius 2 is 1.94 bits per heavy atom. The van der Waals surface area contributed by atoms with Crippen molar-refractivity contribution in [1.29, 1.82) is 0 Å². The zero-order valence-electron chi connectivity index (χ0n) is 10.3. The van der Waals surface area contributed by atoms with Crippen LogP contribution in [-0.4, -0.2) is 29.1 Å². The second-order valence-corrected chi connectivity index (χ2v) is 4.84. The molecular formula is C12H20Cl2N4. The van der Waals surface area contributed by atoms with E-state index < -0.39 is 0 Å². The average Bonchev–Trinajstić information content (AvgIpc) is 2.82. The summed E-state index contributed by atoms with van der Waals surface area (Å²) in [7, 11) is 0. The van der Waals surface area contributed by atoms with Gasteiger partial charge in [-0.3, -0.25) is 0 Å². The van der Waals surface area contributed by atoms with Gasteiger partial charge in [0.2, 0.25) is 5.95 Å². The van der Waals surface area contributed by atoms with Crippen LogP contribution in [0.15, 0.2) is 6.20 Å². The molecule has 1 aromatic heterocycles. The summed E-state index contributed by atoms with van der Waals surface area (Å²) in [5.74, 6) is 0.923. The minimum atomic E-state index is 0. The summed E-state index contributed by atoms with van der Waals surface area (Å²) < 4.78 is 0. The minimum Gasteiger partial charge on any atom is -0.341 e. The molecule has 2 aliphatic rings. The van der Waals surface area contributed by atoms with Crippen molar-refractivity contribution < 1.29 is 0 Å². The number of aryl methyl sites for hydroxylation is 1. The lowest BCUT2D eigenvalue weighted by molar-refractivity contribution is 0.563. The maximum Gasteiger partial charge on any atom is 0.225 e. The summed E-state index contributed by atoms with van der Waals surface area (Å²) in [6.45, 7) is 2.22. The number of aromatic nitrogens is 2. The van der Waals surface area contributed by atoms with Crippen LogP contribution >= 0.6 is 24.8 Å². The van der Waals surface area contributed by atoms with E-state index in [2.05, 4.69) is 14.9 Å². The Balaban J connectivity index is 0.000000810. The maximum absolute atomic E-state index is 5.94. The van der Waals surface area contributed by atoms with Crippen molar-refractivity contribution in [2.24, 2.45) is 5.73 Å². The minimum absolute atomic E-state index is 0. The fraction of sp³-hybridized carbons (Fsp3) is 0.667. The fourth-order valence-electron chi connectivity index (χ4n) is 2.59. The Morgan fingerprint density at radius 3 is 2.67 bits per heavy atom. The molecule has 0 amide bonds. The molecule has 0 saturated carbocycles. The van der Waals surface area contributed by atoms with Crippen LogP contribution < -0.4 is 10.6 Å². The van der Waals surface area contributed by atoms with Gasteiger partial charge in [-0.15, -0.1) is 24.8 Å². The number of halogens is 2. The predicted molar refractivity (Wildman–Crippen MR) is 78.0 cm³/mol. The van der Waals surface area contributed by atoms with Gasteiger partial charge in [0, 0.05) is 31.0 Å². The number of fused-ring (bicyclic) bond motifs is 1. The molecule has 1 aromatic rings. The highest BCUT2D eigenvalue weighted by Crippen LogP contribution is 2.22. The van der Waals surface area contributed by atoms with E-state index in [0.29, 0.717) is 6.04 Å². The second kappa shape index (κ2) is 6.55. The van der Waals surface area contributed by atoms with E-state index in [9.17, 15) is 0 Å². The van der Waals surface area contributed by atoms with Crippen LogP contribution in [0, 0.1) is 0 Å². The summed E-state index contributed by atoms with van der Waals surface area (Å²) in [5, 5.41) is 0. The van der Waals surface area contributed by atoms with Crippen molar-refractivity contribution in [2.45, 2.75) is 38.1 Å². The van der Waals surface area contributed by atoms with Gasteiger partial charge in [0.15, 0.2) is 0 Å². The molecule has 0 spiro atoms. The summed E-state index contributed by atoms with van der Waals surface area (Å²) in [5.41, 5.74) is 8.42. The lowest BCUT2D eigenvalue weighted by atomic mass is 9.94. The second-order valence-electron chi connectivity index (χ2n) is 4.84. The van der Waals surface area contributed by atoms with E-state index in [4.69, 9.17) is 5.73 Å². The van der Waals surface area contributed by atoms with E-state index in [0.717, 1.165) is 38.3 Å². The third kappa shape index (κ3) is 3.05. The predicted octanol–water partition coefficient (Wildman–Crippen LogP) is 1.74. The molecule has 2 heterocycles. The third-order valence-electron chi connectivity index (χ3n) is 3.56. The fourth-order valence-corrected chi connectivity index (χ4v) is 2.59. The van der Waals surface area contributed by atoms with E-state index in [-0.39, 0.29) is 24.8 Å². The average molecular weight is 291 g/mol. The standard InChI is InChI=1S/C12H18N4.2ClH/c13-10-3-4-11-9(7-10)8-14-12(15-11)16-5-1-2-6-16;;/h8,10H,1-7,13H2;2*1H. The van der Waals surface area contributed by atoms with Crippen LogP contribution in [0.4, 0.5) is 5.95 Å². The van der Waals surface area contributed by atoms with Gasteiger partial charge in [-0.25, -0.2) is 9.97 Å². The summed E-state index contributed by atoms with van der Waals surface area (Å²) in [6, 6.07) is 0.300. The number of anilines is 1. The van der Waals surface area contributed by atoms with E-state index in [1.165, 1.54) is 24.1 Å². The van der Waals surface area contributed by atoms with Crippen LogP contribution in [0.3, 0.4) is 0 Å². The number of nitrogens with zero attached hydrogens (tertiary/aromatic N) is 3. The smallest absolute Gasteiger partial charge is 0.225 e. The third-order valence-corrected chi connectivity index (χ3v) is 3.56. The van der Waals surface area contributed by atoms with Crippen molar-refractivity contribution in [2.75, 3.05) is 18.0 Å². The Bertz CT molecular complexity index is 394. The molecule has 102 valence electrons. The summed E-state index contributed by atoms with van der Waals surface area (Å²) >= 11 is 0. The maximum atomic E-state index is 5.94. The first-order valence-electron chi connectivity index (χ1n) is 6.18. The van der Waals surface area contributed by atoms with Crippen molar-refractivity contribution in [3.05, 3.63) is 17.5 Å². The Labute approximate surface area is 120 Å². The molecule has 1 fully saturated rings. The molecule has 0 radical (unpaired) electrons. The monoisotopic (exact) mass is 290 g/mol. The van der Waals surface area contributed by atoms with Gasteiger partial charge in [0.25, 0.3) is 0 Å². The van der Waals surface area contributed by atoms with Gasteiger partial charge in [-0.2, -0.15) is 0 Å². The van der Waals surface area contributed by atoms with Crippen molar-refractivity contribution >= 4 is 30.8 Å². The number of hydrogen-bond donors (Lipinski definition) is 1. The molecule has 0 aromatic carbocycles. The van der Waals surface area contributed by atoms with Crippen LogP contribution in [0.25, 0.3) is 0 Å². The largest absolute Gasteiger partial charge is 0.341 e.